The van der Waals surface area contributed by atoms with Crippen LogP contribution in [-0.4, -0.2) is 18.3 Å². The molecule has 0 saturated carbocycles. The molecule has 1 rings (SSSR count). The first-order valence-electron chi connectivity index (χ1n) is 4.29. The van der Waals surface area contributed by atoms with E-state index in [1.165, 1.54) is 6.92 Å². The van der Waals surface area contributed by atoms with Gasteiger partial charge in [-0.3, -0.25) is 4.55 Å². The molecule has 0 aliphatic carbocycles. The maximum absolute atomic E-state index is 10.8. The normalized spacial score (nSPS) is 13.6. The van der Waals surface area contributed by atoms with E-state index in [-0.39, 0.29) is 0 Å². The Morgan fingerprint density at radius 3 is 2.60 bits per heavy atom. The molecule has 0 spiro atoms. The van der Waals surface area contributed by atoms with E-state index in [4.69, 9.17) is 16.2 Å². The molecule has 0 heterocycles. The van der Waals surface area contributed by atoms with Crippen LogP contribution in [0.15, 0.2) is 18.2 Å². The third-order valence-corrected chi connectivity index (χ3v) is 3.25. The van der Waals surface area contributed by atoms with Crippen molar-refractivity contribution in [1.82, 2.24) is 0 Å². The number of benzene rings is 1. The van der Waals surface area contributed by atoms with Crippen LogP contribution in [-0.2, 0) is 10.1 Å². The van der Waals surface area contributed by atoms with Crippen molar-refractivity contribution >= 4 is 27.4 Å². The quantitative estimate of drug-likeness (QED) is 0.807. The highest BCUT2D eigenvalue weighted by molar-refractivity contribution is 7.86. The molecule has 84 valence electrons. The third-order valence-electron chi connectivity index (χ3n) is 2.01. The number of aryl methyl sites for hydroxylation is 1. The number of anilines is 1. The van der Waals surface area contributed by atoms with E-state index in [1.54, 1.807) is 18.2 Å². The van der Waals surface area contributed by atoms with Crippen LogP contribution in [0.4, 0.5) is 5.69 Å². The van der Waals surface area contributed by atoms with Gasteiger partial charge in [-0.1, -0.05) is 17.7 Å². The zero-order chi connectivity index (χ0) is 11.6. The fourth-order valence-electron chi connectivity index (χ4n) is 1.04. The van der Waals surface area contributed by atoms with Gasteiger partial charge in [-0.05, 0) is 31.5 Å². The van der Waals surface area contributed by atoms with Crippen molar-refractivity contribution < 1.29 is 13.0 Å². The predicted octanol–water partition coefficient (Wildman–Crippen LogP) is 2.29. The topological polar surface area (TPSA) is 66.4 Å². The Bertz CT molecular complexity index is 458. The Hall–Kier alpha value is -0.780. The Balaban J connectivity index is 2.95. The van der Waals surface area contributed by atoms with Crippen molar-refractivity contribution in [3.05, 3.63) is 28.8 Å². The van der Waals surface area contributed by atoms with Crippen molar-refractivity contribution in [3.63, 3.8) is 0 Å². The van der Waals surface area contributed by atoms with Crippen molar-refractivity contribution in [1.29, 1.82) is 0 Å². The smallest absolute Gasteiger partial charge is 0.285 e. The van der Waals surface area contributed by atoms with E-state index < -0.39 is 15.5 Å². The lowest BCUT2D eigenvalue weighted by Gasteiger charge is -2.14. The second kappa shape index (κ2) is 4.38. The summed E-state index contributed by atoms with van der Waals surface area (Å²) in [4.78, 5) is 0. The lowest BCUT2D eigenvalue weighted by Crippen LogP contribution is -2.25. The summed E-state index contributed by atoms with van der Waals surface area (Å²) in [5.74, 6) is 0. The molecule has 1 atom stereocenters. The maximum atomic E-state index is 10.8. The van der Waals surface area contributed by atoms with Crippen LogP contribution in [0, 0.1) is 6.92 Å². The SMILES string of the molecule is Cc1ccc(Cl)cc1NC(C)S(=O)(=O)O. The van der Waals surface area contributed by atoms with Crippen LogP contribution in [0.2, 0.25) is 5.02 Å². The molecule has 1 unspecified atom stereocenters. The predicted molar refractivity (Wildman–Crippen MR) is 60.8 cm³/mol. The molecule has 4 nitrogen and oxygen atoms in total. The second-order valence-corrected chi connectivity index (χ2v) is 5.43. The molecule has 0 fully saturated rings. The Morgan fingerprint density at radius 1 is 1.47 bits per heavy atom. The number of hydrogen-bond donors (Lipinski definition) is 2. The molecular weight excluding hydrogens is 238 g/mol. The van der Waals surface area contributed by atoms with Crippen LogP contribution in [0.25, 0.3) is 0 Å². The second-order valence-electron chi connectivity index (χ2n) is 3.26. The first-order chi connectivity index (χ1) is 6.80. The van der Waals surface area contributed by atoms with E-state index in [9.17, 15) is 8.42 Å². The fraction of sp³-hybridized carbons (Fsp3) is 0.333. The highest BCUT2D eigenvalue weighted by Gasteiger charge is 2.17. The van der Waals surface area contributed by atoms with E-state index in [0.717, 1.165) is 5.56 Å². The zero-order valence-electron chi connectivity index (χ0n) is 8.36. The minimum absolute atomic E-state index is 0.505. The van der Waals surface area contributed by atoms with Crippen molar-refractivity contribution in [2.24, 2.45) is 0 Å². The zero-order valence-corrected chi connectivity index (χ0v) is 9.93. The van der Waals surface area contributed by atoms with Gasteiger partial charge in [0.25, 0.3) is 10.1 Å². The highest BCUT2D eigenvalue weighted by Crippen LogP contribution is 2.21. The van der Waals surface area contributed by atoms with Gasteiger partial charge in [0.1, 0.15) is 0 Å². The molecule has 1 aromatic rings. The molecule has 2 N–H and O–H groups in total. The largest absolute Gasteiger partial charge is 0.367 e. The Kier molecular flexibility index (Phi) is 3.59. The van der Waals surface area contributed by atoms with E-state index in [0.29, 0.717) is 10.7 Å². The van der Waals surface area contributed by atoms with Gasteiger partial charge in [0.2, 0.25) is 0 Å². The Morgan fingerprint density at radius 2 is 2.07 bits per heavy atom. The van der Waals surface area contributed by atoms with E-state index in [2.05, 4.69) is 5.32 Å². The maximum Gasteiger partial charge on any atom is 0.285 e. The molecule has 6 heteroatoms. The number of rotatable bonds is 3. The summed E-state index contributed by atoms with van der Waals surface area (Å²) in [6.07, 6.45) is 0. The summed E-state index contributed by atoms with van der Waals surface area (Å²) in [6.45, 7) is 3.17. The van der Waals surface area contributed by atoms with Gasteiger partial charge < -0.3 is 5.32 Å². The lowest BCUT2D eigenvalue weighted by atomic mass is 10.2. The minimum Gasteiger partial charge on any atom is -0.367 e. The highest BCUT2D eigenvalue weighted by atomic mass is 35.5. The molecule has 0 amide bonds. The first-order valence-corrected chi connectivity index (χ1v) is 6.18. The van der Waals surface area contributed by atoms with Gasteiger partial charge >= 0.3 is 0 Å². The minimum atomic E-state index is -4.08. The molecule has 0 aromatic heterocycles. The van der Waals surface area contributed by atoms with Crippen molar-refractivity contribution in [3.8, 4) is 0 Å². The number of hydrogen-bond acceptors (Lipinski definition) is 3. The molecule has 0 radical (unpaired) electrons. The summed E-state index contributed by atoms with van der Waals surface area (Å²) in [5, 5.41) is 2.11. The molecule has 0 bridgehead atoms. The Labute approximate surface area is 94.0 Å². The molecule has 0 saturated heterocycles. The summed E-state index contributed by atoms with van der Waals surface area (Å²) >= 11 is 5.76. The fourth-order valence-corrected chi connectivity index (χ4v) is 1.49. The average molecular weight is 250 g/mol. The monoisotopic (exact) mass is 249 g/mol. The first kappa shape index (κ1) is 12.3. The molecular formula is C9H12ClNO3S. The molecule has 0 aliphatic heterocycles. The van der Waals surface area contributed by atoms with Gasteiger partial charge in [0.05, 0.1) is 0 Å². The van der Waals surface area contributed by atoms with Crippen molar-refractivity contribution in [2.75, 3.05) is 5.32 Å². The van der Waals surface area contributed by atoms with Crippen LogP contribution >= 0.6 is 11.6 Å². The van der Waals surface area contributed by atoms with Gasteiger partial charge in [-0.2, -0.15) is 8.42 Å². The summed E-state index contributed by atoms with van der Waals surface area (Å²) in [6, 6.07) is 5.08. The van der Waals surface area contributed by atoms with Crippen LogP contribution < -0.4 is 5.32 Å². The van der Waals surface area contributed by atoms with Crippen LogP contribution in [0.5, 0.6) is 0 Å². The van der Waals surface area contributed by atoms with Crippen LogP contribution in [0.1, 0.15) is 12.5 Å². The lowest BCUT2D eigenvalue weighted by molar-refractivity contribution is 0.475. The molecule has 0 aliphatic rings. The summed E-state index contributed by atoms with van der Waals surface area (Å²) < 4.78 is 30.4. The standard InChI is InChI=1S/C9H12ClNO3S/c1-6-3-4-8(10)5-9(6)11-7(2)15(12,13)14/h3-5,7,11H,1-2H3,(H,12,13,14). The molecule has 1 aromatic carbocycles. The number of nitrogens with one attached hydrogen (secondary N) is 1. The van der Waals surface area contributed by atoms with Gasteiger partial charge in [0.15, 0.2) is 5.37 Å². The van der Waals surface area contributed by atoms with Crippen molar-refractivity contribution in [2.45, 2.75) is 19.2 Å². The van der Waals surface area contributed by atoms with Gasteiger partial charge in [-0.25, -0.2) is 0 Å². The van der Waals surface area contributed by atoms with Crippen LogP contribution in [0.3, 0.4) is 0 Å². The van der Waals surface area contributed by atoms with Gasteiger partial charge in [0, 0.05) is 10.7 Å². The summed E-state index contributed by atoms with van der Waals surface area (Å²) in [7, 11) is -4.08. The summed E-state index contributed by atoms with van der Waals surface area (Å²) in [5.41, 5.74) is 1.45. The third kappa shape index (κ3) is 3.37. The molecule has 15 heavy (non-hydrogen) atoms. The van der Waals surface area contributed by atoms with E-state index in [1.807, 2.05) is 6.92 Å². The number of halogens is 1. The van der Waals surface area contributed by atoms with E-state index >= 15 is 0 Å². The van der Waals surface area contributed by atoms with Gasteiger partial charge in [-0.15, -0.1) is 0 Å². The average Bonchev–Trinajstić information content (AvgIpc) is 2.09.